The molecule has 5 rings (SSSR count). The van der Waals surface area contributed by atoms with Crippen molar-refractivity contribution in [1.82, 2.24) is 25.4 Å². The van der Waals surface area contributed by atoms with Gasteiger partial charge in [-0.15, -0.1) is 0 Å². The summed E-state index contributed by atoms with van der Waals surface area (Å²) in [5.74, 6) is -0.433. The first-order valence-corrected chi connectivity index (χ1v) is 13.1. The van der Waals surface area contributed by atoms with E-state index in [1.165, 1.54) is 5.56 Å². The Labute approximate surface area is 218 Å². The van der Waals surface area contributed by atoms with E-state index in [0.717, 1.165) is 12.1 Å². The van der Waals surface area contributed by atoms with Crippen molar-refractivity contribution in [2.75, 3.05) is 64.4 Å². The maximum absolute atomic E-state index is 13.6. The van der Waals surface area contributed by atoms with Gasteiger partial charge >= 0.3 is 0 Å². The van der Waals surface area contributed by atoms with Gasteiger partial charge in [-0.2, -0.15) is 0 Å². The van der Waals surface area contributed by atoms with Crippen molar-refractivity contribution >= 4 is 23.4 Å². The molecule has 196 valence electrons. The number of carbonyl (C=O) groups excluding carboxylic acids is 3. The van der Waals surface area contributed by atoms with E-state index in [1.807, 2.05) is 60.5 Å². The molecule has 9 heteroatoms. The number of nitrogens with one attached hydrogen (secondary N) is 2. The van der Waals surface area contributed by atoms with Gasteiger partial charge in [-0.05, 0) is 31.2 Å². The molecule has 0 spiro atoms. The van der Waals surface area contributed by atoms with Crippen LogP contribution in [-0.2, 0) is 20.8 Å². The fourth-order valence-electron chi connectivity index (χ4n) is 5.67. The van der Waals surface area contributed by atoms with Crippen molar-refractivity contribution in [1.29, 1.82) is 0 Å². The molecule has 2 aromatic rings. The predicted octanol–water partition coefficient (Wildman–Crippen LogP) is 0.587. The van der Waals surface area contributed by atoms with Crippen LogP contribution < -0.4 is 15.8 Å². The van der Waals surface area contributed by atoms with Crippen LogP contribution in [0.15, 0.2) is 60.7 Å². The van der Waals surface area contributed by atoms with Crippen LogP contribution in [0, 0.1) is 11.8 Å². The molecule has 0 aliphatic carbocycles. The Bertz CT molecular complexity index is 1090. The van der Waals surface area contributed by atoms with Crippen LogP contribution in [0.3, 0.4) is 0 Å². The monoisotopic (exact) mass is 504 g/mol. The molecule has 0 saturated carbocycles. The largest absolute Gasteiger partial charge is 0.355 e. The number of piperazine rings is 1. The smallest absolute Gasteiger partial charge is 0.247 e. The summed E-state index contributed by atoms with van der Waals surface area (Å²) in [6.45, 7) is 4.71. The summed E-state index contributed by atoms with van der Waals surface area (Å²) < 4.78 is 0. The van der Waals surface area contributed by atoms with Gasteiger partial charge in [0.1, 0.15) is 0 Å². The number of hydrogen-bond acceptors (Lipinski definition) is 6. The fraction of sp³-hybridized carbons (Fsp3) is 0.464. The average Bonchev–Trinajstić information content (AvgIpc) is 3.25. The minimum Gasteiger partial charge on any atom is -0.355 e. The second kappa shape index (κ2) is 11.4. The number of benzene rings is 2. The number of carbonyl (C=O) groups is 3. The second-order valence-corrected chi connectivity index (χ2v) is 10.3. The van der Waals surface area contributed by atoms with Crippen LogP contribution in [0.4, 0.5) is 5.69 Å². The van der Waals surface area contributed by atoms with Gasteiger partial charge in [-0.25, -0.2) is 10.4 Å². The van der Waals surface area contributed by atoms with Crippen LogP contribution in [-0.4, -0.2) is 97.9 Å². The summed E-state index contributed by atoms with van der Waals surface area (Å²) in [4.78, 5) is 45.3. The first kappa shape index (κ1) is 25.4. The molecule has 3 amide bonds. The summed E-state index contributed by atoms with van der Waals surface area (Å²) >= 11 is 0. The number of fused-ring (bicyclic) bond motifs is 1. The van der Waals surface area contributed by atoms with Gasteiger partial charge in [0.2, 0.25) is 17.7 Å². The summed E-state index contributed by atoms with van der Waals surface area (Å²) in [5, 5.41) is 4.62. The molecule has 3 aliphatic heterocycles. The zero-order chi connectivity index (χ0) is 25.8. The van der Waals surface area contributed by atoms with Crippen molar-refractivity contribution in [3.63, 3.8) is 0 Å². The molecule has 0 radical (unpaired) electrons. The van der Waals surface area contributed by atoms with Gasteiger partial charge in [-0.3, -0.25) is 19.3 Å². The lowest BCUT2D eigenvalue weighted by molar-refractivity contribution is -0.141. The number of nitrogens with zero attached hydrogens (tertiary/aromatic N) is 4. The van der Waals surface area contributed by atoms with Gasteiger partial charge in [0, 0.05) is 45.8 Å². The summed E-state index contributed by atoms with van der Waals surface area (Å²) in [5.41, 5.74) is 5.36. The summed E-state index contributed by atoms with van der Waals surface area (Å²) in [7, 11) is 1.98. The molecule has 37 heavy (non-hydrogen) atoms. The zero-order valence-corrected chi connectivity index (χ0v) is 21.4. The number of hydrogen-bond donors (Lipinski definition) is 2. The van der Waals surface area contributed by atoms with Crippen molar-refractivity contribution in [3.8, 4) is 0 Å². The Hall–Kier alpha value is -3.27. The van der Waals surface area contributed by atoms with Gasteiger partial charge < -0.3 is 15.1 Å². The summed E-state index contributed by atoms with van der Waals surface area (Å²) in [6, 6.07) is 19.4. The molecule has 9 nitrogen and oxygen atoms in total. The quantitative estimate of drug-likeness (QED) is 0.574. The van der Waals surface area contributed by atoms with Crippen molar-refractivity contribution < 1.29 is 14.4 Å². The third kappa shape index (κ3) is 5.84. The maximum atomic E-state index is 13.6. The molecular formula is C28H36N6O3. The fourth-order valence-corrected chi connectivity index (χ4v) is 5.67. The number of rotatable bonds is 7. The van der Waals surface area contributed by atoms with E-state index >= 15 is 0 Å². The lowest BCUT2D eigenvalue weighted by atomic mass is 9.84. The third-order valence-electron chi connectivity index (χ3n) is 7.66. The maximum Gasteiger partial charge on any atom is 0.247 e. The standard InChI is InChI=1S/C28H36N6O3/c1-31-18-23(26-24(19-31)28(37)34(30-26)22-10-6-3-7-11-22)27(36)33-16-14-32(15-17-33)20-25(35)29-13-12-21-8-4-2-5-9-21/h2-11,23-24,26,30H,12-20H2,1H3,(H,29,35). The van der Waals surface area contributed by atoms with Crippen LogP contribution in [0.5, 0.6) is 0 Å². The zero-order valence-electron chi connectivity index (χ0n) is 21.4. The number of anilines is 1. The molecule has 3 aliphatic rings. The number of para-hydroxylation sites is 1. The summed E-state index contributed by atoms with van der Waals surface area (Å²) in [6.07, 6.45) is 0.811. The molecule has 3 fully saturated rings. The van der Waals surface area contributed by atoms with Crippen molar-refractivity contribution in [2.24, 2.45) is 11.8 Å². The molecule has 3 heterocycles. The van der Waals surface area contributed by atoms with Gasteiger partial charge in [0.25, 0.3) is 0 Å². The van der Waals surface area contributed by atoms with E-state index in [-0.39, 0.29) is 35.6 Å². The third-order valence-corrected chi connectivity index (χ3v) is 7.66. The molecular weight excluding hydrogens is 468 g/mol. The van der Waals surface area contributed by atoms with E-state index in [0.29, 0.717) is 52.4 Å². The highest BCUT2D eigenvalue weighted by Gasteiger charge is 2.51. The molecule has 0 aromatic heterocycles. The first-order valence-electron chi connectivity index (χ1n) is 13.1. The molecule has 2 N–H and O–H groups in total. The first-order chi connectivity index (χ1) is 18.0. The normalized spacial score (nSPS) is 24.7. The second-order valence-electron chi connectivity index (χ2n) is 10.3. The van der Waals surface area contributed by atoms with Crippen molar-refractivity contribution in [2.45, 2.75) is 12.5 Å². The molecule has 3 unspecified atom stereocenters. The highest BCUT2D eigenvalue weighted by Crippen LogP contribution is 2.32. The SMILES string of the molecule is CN1CC(C(=O)N2CCN(CC(=O)NCCc3ccccc3)CC2)C2NN(c3ccccc3)C(=O)C2C1. The van der Waals surface area contributed by atoms with E-state index < -0.39 is 0 Å². The van der Waals surface area contributed by atoms with Gasteiger partial charge in [-0.1, -0.05) is 48.5 Å². The molecule has 2 aromatic carbocycles. The molecule has 3 atom stereocenters. The van der Waals surface area contributed by atoms with Crippen LogP contribution >= 0.6 is 0 Å². The predicted molar refractivity (Wildman–Crippen MR) is 142 cm³/mol. The van der Waals surface area contributed by atoms with Gasteiger partial charge in [0.05, 0.1) is 30.1 Å². The number of amides is 3. The van der Waals surface area contributed by atoms with Gasteiger partial charge in [0.15, 0.2) is 0 Å². The van der Waals surface area contributed by atoms with Crippen LogP contribution in [0.25, 0.3) is 0 Å². The highest BCUT2D eigenvalue weighted by atomic mass is 16.2. The minimum atomic E-state index is -0.297. The number of piperidine rings is 1. The minimum absolute atomic E-state index is 0.0159. The lowest BCUT2D eigenvalue weighted by Gasteiger charge is -2.41. The van der Waals surface area contributed by atoms with E-state index in [9.17, 15) is 14.4 Å². The number of hydrazine groups is 1. The topological polar surface area (TPSA) is 88.2 Å². The molecule has 0 bridgehead atoms. The van der Waals surface area contributed by atoms with Crippen LogP contribution in [0.1, 0.15) is 5.56 Å². The van der Waals surface area contributed by atoms with Crippen molar-refractivity contribution in [3.05, 3.63) is 66.2 Å². The molecule has 3 saturated heterocycles. The Morgan fingerprint density at radius 2 is 1.62 bits per heavy atom. The van der Waals surface area contributed by atoms with E-state index in [2.05, 4.69) is 32.7 Å². The Balaban J connectivity index is 1.12. The lowest BCUT2D eigenvalue weighted by Crippen LogP contribution is -2.59. The van der Waals surface area contributed by atoms with Crippen LogP contribution in [0.2, 0.25) is 0 Å². The Kier molecular flexibility index (Phi) is 7.83. The van der Waals surface area contributed by atoms with E-state index in [4.69, 9.17) is 0 Å². The van der Waals surface area contributed by atoms with E-state index in [1.54, 1.807) is 5.01 Å². The Morgan fingerprint density at radius 1 is 0.946 bits per heavy atom. The highest BCUT2D eigenvalue weighted by molar-refractivity contribution is 5.98. The average molecular weight is 505 g/mol. The number of likely N-dealkylation sites (tertiary alicyclic amines) is 1. The Morgan fingerprint density at radius 3 is 2.32 bits per heavy atom.